The third-order valence-electron chi connectivity index (χ3n) is 4.37. The van der Waals surface area contributed by atoms with E-state index in [1.807, 2.05) is 43.3 Å². The highest BCUT2D eigenvalue weighted by Crippen LogP contribution is 2.14. The van der Waals surface area contributed by atoms with Gasteiger partial charge in [0.2, 0.25) is 0 Å². The molecule has 2 aromatic heterocycles. The fourth-order valence-electron chi connectivity index (χ4n) is 3.08. The van der Waals surface area contributed by atoms with Crippen molar-refractivity contribution in [3.8, 4) is 5.82 Å². The molecule has 1 fully saturated rings. The first kappa shape index (κ1) is 14.8. The van der Waals surface area contributed by atoms with Crippen LogP contribution in [0.2, 0.25) is 0 Å². The highest BCUT2D eigenvalue weighted by Gasteiger charge is 2.15. The number of aryl methyl sites for hydroxylation is 1. The Hall–Kier alpha value is -2.80. The molecule has 0 bridgehead atoms. The van der Waals surface area contributed by atoms with Crippen molar-refractivity contribution in [2.75, 3.05) is 31.1 Å². The second kappa shape index (κ2) is 6.01. The van der Waals surface area contributed by atoms with Crippen molar-refractivity contribution in [2.24, 2.45) is 0 Å². The van der Waals surface area contributed by atoms with Crippen LogP contribution < -0.4 is 15.8 Å². The molecule has 3 aromatic rings. The van der Waals surface area contributed by atoms with E-state index in [1.165, 1.54) is 4.68 Å². The fourth-order valence-corrected chi connectivity index (χ4v) is 3.08. The van der Waals surface area contributed by atoms with Gasteiger partial charge >= 0.3 is 0 Å². The molecular weight excluding hydrogens is 304 g/mol. The lowest BCUT2D eigenvalue weighted by Crippen LogP contribution is -2.89. The molecule has 0 spiro atoms. The summed E-state index contributed by atoms with van der Waals surface area (Å²) in [6.07, 6.45) is 0. The Morgan fingerprint density at radius 1 is 0.958 bits per heavy atom. The second-order valence-electron chi connectivity index (χ2n) is 5.95. The van der Waals surface area contributed by atoms with E-state index in [-0.39, 0.29) is 5.56 Å². The molecule has 0 amide bonds. The number of anilines is 1. The number of nitrogens with zero attached hydrogens (tertiary/aromatic N) is 5. The van der Waals surface area contributed by atoms with Gasteiger partial charge in [0.1, 0.15) is 0 Å². The number of hydrogen-bond acceptors (Lipinski definition) is 5. The maximum atomic E-state index is 12.7. The van der Waals surface area contributed by atoms with Crippen LogP contribution in [0.25, 0.3) is 16.6 Å². The summed E-state index contributed by atoms with van der Waals surface area (Å²) in [6.45, 7) is 5.94. The molecule has 1 saturated heterocycles. The number of hydrogen-bond donors (Lipinski definition) is 1. The molecule has 1 aliphatic rings. The molecule has 0 radical (unpaired) electrons. The van der Waals surface area contributed by atoms with Crippen LogP contribution in [0.4, 0.5) is 5.82 Å². The fraction of sp³-hybridized carbons (Fsp3) is 0.294. The van der Waals surface area contributed by atoms with Gasteiger partial charge in [0.15, 0.2) is 11.6 Å². The van der Waals surface area contributed by atoms with Crippen LogP contribution >= 0.6 is 0 Å². The lowest BCUT2D eigenvalue weighted by Gasteiger charge is -2.25. The highest BCUT2D eigenvalue weighted by molar-refractivity contribution is 5.83. The first-order valence-electron chi connectivity index (χ1n) is 8.13. The molecule has 24 heavy (non-hydrogen) atoms. The molecule has 7 nitrogen and oxygen atoms in total. The quantitative estimate of drug-likeness (QED) is 0.710. The van der Waals surface area contributed by atoms with E-state index in [9.17, 15) is 4.79 Å². The van der Waals surface area contributed by atoms with E-state index in [0.717, 1.165) is 43.1 Å². The minimum Gasteiger partial charge on any atom is -0.344 e. The number of fused-ring (bicyclic) bond motifs is 1. The van der Waals surface area contributed by atoms with Crippen LogP contribution in [0.3, 0.4) is 0 Å². The minimum absolute atomic E-state index is 0.175. The van der Waals surface area contributed by atoms with Crippen LogP contribution in [0.5, 0.6) is 0 Å². The molecule has 1 aromatic carbocycles. The number of quaternary nitrogens is 1. The molecule has 4 rings (SSSR count). The SMILES string of the molecule is Cc1nn(-c2ccc(N3CC[NH2+]CC3)nn2)c(=O)c2ccccc12. The molecule has 122 valence electrons. The summed E-state index contributed by atoms with van der Waals surface area (Å²) in [7, 11) is 0. The van der Waals surface area contributed by atoms with Gasteiger partial charge in [0, 0.05) is 5.39 Å². The average Bonchev–Trinajstić information content (AvgIpc) is 2.66. The number of piperazine rings is 1. The lowest BCUT2D eigenvalue weighted by atomic mass is 10.1. The van der Waals surface area contributed by atoms with Crippen molar-refractivity contribution >= 4 is 16.6 Å². The van der Waals surface area contributed by atoms with Crippen LogP contribution in [0.15, 0.2) is 41.2 Å². The van der Waals surface area contributed by atoms with Crippen molar-refractivity contribution in [3.63, 3.8) is 0 Å². The molecule has 7 heteroatoms. The summed E-state index contributed by atoms with van der Waals surface area (Å²) in [5.74, 6) is 1.29. The Labute approximate surface area is 138 Å². The third-order valence-corrected chi connectivity index (χ3v) is 4.37. The molecule has 3 heterocycles. The van der Waals surface area contributed by atoms with Gasteiger partial charge in [-0.1, -0.05) is 18.2 Å². The average molecular weight is 323 g/mol. The van der Waals surface area contributed by atoms with E-state index < -0.39 is 0 Å². The second-order valence-corrected chi connectivity index (χ2v) is 5.95. The summed E-state index contributed by atoms with van der Waals surface area (Å²) in [5, 5.41) is 16.7. The van der Waals surface area contributed by atoms with E-state index in [1.54, 1.807) is 0 Å². The first-order chi connectivity index (χ1) is 11.7. The van der Waals surface area contributed by atoms with Gasteiger partial charge in [-0.05, 0) is 25.1 Å². The van der Waals surface area contributed by atoms with Crippen LogP contribution in [0, 0.1) is 6.92 Å². The van der Waals surface area contributed by atoms with Gasteiger partial charge in [-0.15, -0.1) is 10.2 Å². The molecule has 0 saturated carbocycles. The van der Waals surface area contributed by atoms with Crippen LogP contribution in [-0.2, 0) is 0 Å². The third kappa shape index (κ3) is 2.52. The Balaban J connectivity index is 1.75. The minimum atomic E-state index is -0.175. The van der Waals surface area contributed by atoms with Gasteiger partial charge in [0.25, 0.3) is 5.56 Å². The van der Waals surface area contributed by atoms with Crippen molar-refractivity contribution in [1.29, 1.82) is 0 Å². The maximum absolute atomic E-state index is 12.7. The zero-order valence-corrected chi connectivity index (χ0v) is 13.5. The summed E-state index contributed by atoms with van der Waals surface area (Å²) in [6, 6.07) is 11.2. The first-order valence-corrected chi connectivity index (χ1v) is 8.13. The van der Waals surface area contributed by atoms with Crippen molar-refractivity contribution in [3.05, 3.63) is 52.4 Å². The summed E-state index contributed by atoms with van der Waals surface area (Å²) >= 11 is 0. The topological polar surface area (TPSA) is 80.5 Å². The summed E-state index contributed by atoms with van der Waals surface area (Å²) < 4.78 is 1.33. The van der Waals surface area contributed by atoms with Crippen molar-refractivity contribution < 1.29 is 5.32 Å². The van der Waals surface area contributed by atoms with Crippen LogP contribution in [-0.4, -0.2) is 46.2 Å². The van der Waals surface area contributed by atoms with Gasteiger partial charge in [-0.3, -0.25) is 4.79 Å². The van der Waals surface area contributed by atoms with Gasteiger partial charge < -0.3 is 10.2 Å². The molecule has 0 unspecified atom stereocenters. The number of rotatable bonds is 2. The Morgan fingerprint density at radius 3 is 2.33 bits per heavy atom. The Kier molecular flexibility index (Phi) is 3.70. The van der Waals surface area contributed by atoms with Crippen molar-refractivity contribution in [1.82, 2.24) is 20.0 Å². The van der Waals surface area contributed by atoms with Gasteiger partial charge in [-0.2, -0.15) is 9.78 Å². The normalized spacial score (nSPS) is 15.0. The van der Waals surface area contributed by atoms with Crippen LogP contribution in [0.1, 0.15) is 5.69 Å². The molecular formula is C17H19N6O+. The largest absolute Gasteiger partial charge is 0.344 e. The smallest absolute Gasteiger partial charge is 0.280 e. The van der Waals surface area contributed by atoms with E-state index in [2.05, 4.69) is 25.5 Å². The molecule has 2 N–H and O–H groups in total. The van der Waals surface area contributed by atoms with E-state index in [0.29, 0.717) is 11.2 Å². The Morgan fingerprint density at radius 2 is 1.62 bits per heavy atom. The highest BCUT2D eigenvalue weighted by atomic mass is 16.1. The number of benzene rings is 1. The Bertz CT molecular complexity index is 928. The standard InChI is InChI=1S/C17H18N6O/c1-12-13-4-2-3-5-14(13)17(24)23(21-12)16-7-6-15(19-20-16)22-10-8-18-9-11-22/h2-7,18H,8-11H2,1H3/p+1. The molecule has 0 aliphatic carbocycles. The predicted molar refractivity (Wildman–Crippen MR) is 91.5 cm³/mol. The summed E-state index contributed by atoms with van der Waals surface area (Å²) in [4.78, 5) is 14.9. The monoisotopic (exact) mass is 323 g/mol. The maximum Gasteiger partial charge on any atom is 0.280 e. The zero-order chi connectivity index (χ0) is 16.5. The van der Waals surface area contributed by atoms with Crippen molar-refractivity contribution in [2.45, 2.75) is 6.92 Å². The molecule has 0 atom stereocenters. The van der Waals surface area contributed by atoms with E-state index in [4.69, 9.17) is 0 Å². The number of aromatic nitrogens is 4. The summed E-state index contributed by atoms with van der Waals surface area (Å²) in [5.41, 5.74) is 0.619. The predicted octanol–water partition coefficient (Wildman–Crippen LogP) is -0.132. The van der Waals surface area contributed by atoms with E-state index >= 15 is 0 Å². The lowest BCUT2D eigenvalue weighted by molar-refractivity contribution is -0.655. The van der Waals surface area contributed by atoms with Gasteiger partial charge in [0.05, 0.1) is 37.3 Å². The van der Waals surface area contributed by atoms with Gasteiger partial charge in [-0.25, -0.2) is 0 Å². The zero-order valence-electron chi connectivity index (χ0n) is 13.5. The molecule has 1 aliphatic heterocycles. The number of nitrogens with two attached hydrogens (primary N) is 1.